The van der Waals surface area contributed by atoms with E-state index in [1.54, 1.807) is 12.1 Å². The van der Waals surface area contributed by atoms with Crippen LogP contribution in [0.1, 0.15) is 38.7 Å². The molecule has 0 aromatic heterocycles. The van der Waals surface area contributed by atoms with Crippen molar-refractivity contribution in [1.82, 2.24) is 5.32 Å². The zero-order valence-corrected chi connectivity index (χ0v) is 12.7. The minimum absolute atomic E-state index is 0.0770. The molecule has 0 aliphatic rings. The SMILES string of the molecule is CC.CCC(=O)C(CNCCO)c1ccc(Cl)cc1. The second-order valence-corrected chi connectivity index (χ2v) is 4.29. The number of hydrogen-bond acceptors (Lipinski definition) is 3. The Morgan fingerprint density at radius 2 is 1.89 bits per heavy atom. The summed E-state index contributed by atoms with van der Waals surface area (Å²) in [6.07, 6.45) is 0.508. The van der Waals surface area contributed by atoms with Crippen molar-refractivity contribution in [2.24, 2.45) is 0 Å². The van der Waals surface area contributed by atoms with Crippen LogP contribution in [0.25, 0.3) is 0 Å². The number of Topliss-reactive ketones (excluding diaryl/α,β-unsaturated/α-hetero) is 1. The molecule has 0 bridgehead atoms. The van der Waals surface area contributed by atoms with Crippen LogP contribution in [0.5, 0.6) is 0 Å². The van der Waals surface area contributed by atoms with Gasteiger partial charge in [-0.1, -0.05) is 44.5 Å². The predicted octanol–water partition coefficient (Wildman–Crippen LogP) is 3.01. The first-order valence-electron chi connectivity index (χ1n) is 6.78. The lowest BCUT2D eigenvalue weighted by atomic mass is 9.93. The molecule has 108 valence electrons. The maximum Gasteiger partial charge on any atom is 0.141 e. The van der Waals surface area contributed by atoms with Crippen LogP contribution in [-0.4, -0.2) is 30.6 Å². The highest BCUT2D eigenvalue weighted by molar-refractivity contribution is 6.30. The first-order valence-corrected chi connectivity index (χ1v) is 7.16. The standard InChI is InChI=1S/C13H18ClNO2.C2H6/c1-2-13(17)12(9-15-7-8-16)10-3-5-11(14)6-4-10;1-2/h3-6,12,15-16H,2,7-9H2,1H3;1-2H3. The molecule has 4 heteroatoms. The second kappa shape index (κ2) is 11.0. The van der Waals surface area contributed by atoms with Crippen LogP contribution >= 0.6 is 11.6 Å². The minimum Gasteiger partial charge on any atom is -0.395 e. The molecule has 0 saturated heterocycles. The molecule has 1 rings (SSSR count). The molecule has 0 fully saturated rings. The number of benzene rings is 1. The number of aliphatic hydroxyl groups excluding tert-OH is 1. The Morgan fingerprint density at radius 3 is 2.37 bits per heavy atom. The van der Waals surface area contributed by atoms with Gasteiger partial charge in [0.25, 0.3) is 0 Å². The summed E-state index contributed by atoms with van der Waals surface area (Å²) < 4.78 is 0. The van der Waals surface area contributed by atoms with E-state index in [2.05, 4.69) is 5.32 Å². The van der Waals surface area contributed by atoms with E-state index in [4.69, 9.17) is 16.7 Å². The summed E-state index contributed by atoms with van der Waals surface area (Å²) >= 11 is 5.82. The molecule has 19 heavy (non-hydrogen) atoms. The van der Waals surface area contributed by atoms with Gasteiger partial charge in [-0.15, -0.1) is 0 Å². The van der Waals surface area contributed by atoms with Crippen molar-refractivity contribution >= 4 is 17.4 Å². The van der Waals surface area contributed by atoms with E-state index >= 15 is 0 Å². The number of carbonyl (C=O) groups excluding carboxylic acids is 1. The normalized spacial score (nSPS) is 11.4. The van der Waals surface area contributed by atoms with Crippen LogP contribution in [0.2, 0.25) is 5.02 Å². The molecule has 1 aromatic carbocycles. The van der Waals surface area contributed by atoms with Crippen molar-refractivity contribution in [2.45, 2.75) is 33.1 Å². The third kappa shape index (κ3) is 6.71. The zero-order valence-electron chi connectivity index (χ0n) is 11.9. The van der Waals surface area contributed by atoms with Crippen molar-refractivity contribution in [2.75, 3.05) is 19.7 Å². The molecular formula is C15H24ClNO2. The van der Waals surface area contributed by atoms with Crippen molar-refractivity contribution in [3.63, 3.8) is 0 Å². The fourth-order valence-electron chi connectivity index (χ4n) is 1.68. The van der Waals surface area contributed by atoms with Gasteiger partial charge in [0.1, 0.15) is 5.78 Å². The maximum atomic E-state index is 11.9. The topological polar surface area (TPSA) is 49.3 Å². The Bertz CT molecular complexity index is 352. The quantitative estimate of drug-likeness (QED) is 0.757. The lowest BCUT2D eigenvalue weighted by Crippen LogP contribution is -2.28. The molecule has 0 radical (unpaired) electrons. The van der Waals surface area contributed by atoms with Gasteiger partial charge >= 0.3 is 0 Å². The van der Waals surface area contributed by atoms with Gasteiger partial charge in [0.2, 0.25) is 0 Å². The highest BCUT2D eigenvalue weighted by Gasteiger charge is 2.18. The summed E-state index contributed by atoms with van der Waals surface area (Å²) in [4.78, 5) is 11.9. The summed E-state index contributed by atoms with van der Waals surface area (Å²) in [6.45, 7) is 6.99. The van der Waals surface area contributed by atoms with E-state index in [1.165, 1.54) is 0 Å². The molecular weight excluding hydrogens is 262 g/mol. The Morgan fingerprint density at radius 1 is 1.32 bits per heavy atom. The minimum atomic E-state index is -0.163. The number of halogens is 1. The summed E-state index contributed by atoms with van der Waals surface area (Å²) in [5, 5.41) is 12.4. The van der Waals surface area contributed by atoms with Crippen molar-refractivity contribution in [3.8, 4) is 0 Å². The van der Waals surface area contributed by atoms with Crippen molar-refractivity contribution < 1.29 is 9.90 Å². The van der Waals surface area contributed by atoms with E-state index in [9.17, 15) is 4.79 Å². The highest BCUT2D eigenvalue weighted by atomic mass is 35.5. The van der Waals surface area contributed by atoms with E-state index < -0.39 is 0 Å². The molecule has 1 unspecified atom stereocenters. The molecule has 2 N–H and O–H groups in total. The van der Waals surface area contributed by atoms with Gasteiger partial charge in [-0.05, 0) is 17.7 Å². The number of nitrogens with one attached hydrogen (secondary N) is 1. The molecule has 1 atom stereocenters. The Labute approximate surface area is 121 Å². The molecule has 3 nitrogen and oxygen atoms in total. The molecule has 0 saturated carbocycles. The van der Waals surface area contributed by atoms with Gasteiger partial charge < -0.3 is 10.4 Å². The first kappa shape index (κ1) is 18.1. The van der Waals surface area contributed by atoms with Crippen LogP contribution in [0, 0.1) is 0 Å². The van der Waals surface area contributed by atoms with Gasteiger partial charge in [-0.2, -0.15) is 0 Å². The second-order valence-electron chi connectivity index (χ2n) is 3.85. The molecule has 0 aliphatic heterocycles. The van der Waals surface area contributed by atoms with E-state index in [0.29, 0.717) is 24.5 Å². The Balaban J connectivity index is 0.00000154. The van der Waals surface area contributed by atoms with Crippen LogP contribution in [0.3, 0.4) is 0 Å². The Kier molecular flexibility index (Phi) is 10.5. The molecule has 1 aromatic rings. The summed E-state index contributed by atoms with van der Waals surface area (Å²) in [5.41, 5.74) is 0.965. The lowest BCUT2D eigenvalue weighted by molar-refractivity contribution is -0.120. The van der Waals surface area contributed by atoms with Crippen LogP contribution in [0.4, 0.5) is 0 Å². The van der Waals surface area contributed by atoms with Gasteiger partial charge in [0, 0.05) is 24.5 Å². The molecule has 0 spiro atoms. The van der Waals surface area contributed by atoms with Gasteiger partial charge in [-0.25, -0.2) is 0 Å². The molecule has 0 heterocycles. The average Bonchev–Trinajstić information content (AvgIpc) is 2.46. The molecule has 0 aliphatic carbocycles. The van der Waals surface area contributed by atoms with Crippen LogP contribution in [0.15, 0.2) is 24.3 Å². The number of rotatable bonds is 7. The van der Waals surface area contributed by atoms with Crippen LogP contribution in [-0.2, 0) is 4.79 Å². The smallest absolute Gasteiger partial charge is 0.141 e. The monoisotopic (exact) mass is 285 g/mol. The van der Waals surface area contributed by atoms with Gasteiger partial charge in [-0.3, -0.25) is 4.79 Å². The largest absolute Gasteiger partial charge is 0.395 e. The zero-order chi connectivity index (χ0) is 14.7. The highest BCUT2D eigenvalue weighted by Crippen LogP contribution is 2.20. The maximum absolute atomic E-state index is 11.9. The third-order valence-corrected chi connectivity index (χ3v) is 2.90. The molecule has 0 amide bonds. The number of ketones is 1. The summed E-state index contributed by atoms with van der Waals surface area (Å²) in [6, 6.07) is 7.33. The first-order chi connectivity index (χ1) is 9.19. The van der Waals surface area contributed by atoms with Crippen LogP contribution < -0.4 is 5.32 Å². The van der Waals surface area contributed by atoms with Crippen molar-refractivity contribution in [1.29, 1.82) is 0 Å². The lowest BCUT2D eigenvalue weighted by Gasteiger charge is -2.16. The number of hydrogen-bond donors (Lipinski definition) is 2. The van der Waals surface area contributed by atoms with E-state index in [0.717, 1.165) is 5.56 Å². The van der Waals surface area contributed by atoms with Gasteiger partial charge in [0.05, 0.1) is 12.5 Å². The Hall–Kier alpha value is -0.900. The van der Waals surface area contributed by atoms with Crippen molar-refractivity contribution in [3.05, 3.63) is 34.9 Å². The van der Waals surface area contributed by atoms with E-state index in [-0.39, 0.29) is 18.3 Å². The van der Waals surface area contributed by atoms with E-state index in [1.807, 2.05) is 32.9 Å². The number of aliphatic hydroxyl groups is 1. The predicted molar refractivity (Wildman–Crippen MR) is 80.8 cm³/mol. The third-order valence-electron chi connectivity index (χ3n) is 2.65. The van der Waals surface area contributed by atoms with Gasteiger partial charge in [0.15, 0.2) is 0 Å². The summed E-state index contributed by atoms with van der Waals surface area (Å²) in [7, 11) is 0. The number of carbonyl (C=O) groups is 1. The fraction of sp³-hybridized carbons (Fsp3) is 0.533. The average molecular weight is 286 g/mol. The fourth-order valence-corrected chi connectivity index (χ4v) is 1.81. The summed E-state index contributed by atoms with van der Waals surface area (Å²) in [5.74, 6) is 0.0292.